The molecule has 5 heteroatoms. The van der Waals surface area contributed by atoms with E-state index >= 15 is 0 Å². The fourth-order valence-corrected chi connectivity index (χ4v) is 1.05. The first-order valence-corrected chi connectivity index (χ1v) is 4.39. The van der Waals surface area contributed by atoms with E-state index in [2.05, 4.69) is 21.2 Å². The van der Waals surface area contributed by atoms with Crippen LogP contribution < -0.4 is 5.32 Å². The number of hydrogen-bond acceptors (Lipinski definition) is 2. The molecule has 0 amide bonds. The van der Waals surface area contributed by atoms with E-state index in [0.717, 1.165) is 19.1 Å². The van der Waals surface area contributed by atoms with Crippen molar-refractivity contribution in [3.05, 3.63) is 10.2 Å². The molecule has 0 heterocycles. The van der Waals surface area contributed by atoms with Crippen LogP contribution in [0.15, 0.2) is 10.2 Å². The Morgan fingerprint density at radius 3 is 2.50 bits per heavy atom. The molecule has 0 saturated heterocycles. The van der Waals surface area contributed by atoms with Crippen molar-refractivity contribution in [1.29, 1.82) is 5.41 Å². The molecule has 0 aromatic heterocycles. The summed E-state index contributed by atoms with van der Waals surface area (Å²) in [5.74, 6) is 0. The van der Waals surface area contributed by atoms with Gasteiger partial charge in [0.15, 0.2) is 0 Å². The first-order chi connectivity index (χ1) is 5.65. The Morgan fingerprint density at radius 2 is 2.17 bits per heavy atom. The monoisotopic (exact) mass is 238 g/mol. The molecule has 0 radical (unpaired) electrons. The maximum Gasteiger partial charge on any atom is 0.279 e. The highest BCUT2D eigenvalue weighted by molar-refractivity contribution is 9.12. The average Bonchev–Trinajstić information content (AvgIpc) is 2.81. The maximum atomic E-state index is 12.3. The third kappa shape index (κ3) is 2.55. The highest BCUT2D eigenvalue weighted by atomic mass is 79.9. The zero-order valence-corrected chi connectivity index (χ0v) is 7.87. The van der Waals surface area contributed by atoms with Crippen LogP contribution in [-0.2, 0) is 0 Å². The Kier molecular flexibility index (Phi) is 3.20. The van der Waals surface area contributed by atoms with Crippen LogP contribution in [0.25, 0.3) is 0 Å². The van der Waals surface area contributed by atoms with Crippen molar-refractivity contribution in [1.82, 2.24) is 5.32 Å². The lowest BCUT2D eigenvalue weighted by Gasteiger charge is -2.09. The van der Waals surface area contributed by atoms with Crippen LogP contribution in [0.2, 0.25) is 0 Å². The van der Waals surface area contributed by atoms with Gasteiger partial charge in [0.25, 0.3) is 6.43 Å². The minimum atomic E-state index is -2.54. The maximum absolute atomic E-state index is 12.3. The lowest BCUT2D eigenvalue weighted by Crippen LogP contribution is -2.22. The number of halogens is 3. The molecule has 2 N–H and O–H groups in total. The van der Waals surface area contributed by atoms with Crippen LogP contribution in [0.3, 0.4) is 0 Å². The Morgan fingerprint density at radius 1 is 1.58 bits per heavy atom. The molecule has 0 unspecified atom stereocenters. The van der Waals surface area contributed by atoms with Gasteiger partial charge >= 0.3 is 0 Å². The molecule has 0 atom stereocenters. The molecule has 0 spiro atoms. The lowest BCUT2D eigenvalue weighted by molar-refractivity contribution is 0.179. The number of alkyl halides is 2. The summed E-state index contributed by atoms with van der Waals surface area (Å²) in [4.78, 5) is 0. The molecule has 68 valence electrons. The number of hydrogen-bond donors (Lipinski definition) is 2. The summed E-state index contributed by atoms with van der Waals surface area (Å²) in [6.07, 6.45) is 0.210. The second-order valence-corrected chi connectivity index (χ2v) is 3.48. The van der Waals surface area contributed by atoms with Crippen LogP contribution in [0, 0.1) is 5.41 Å². The summed E-state index contributed by atoms with van der Waals surface area (Å²) in [6, 6.07) is 0.182. The zero-order chi connectivity index (χ0) is 9.14. The van der Waals surface area contributed by atoms with E-state index in [4.69, 9.17) is 5.41 Å². The van der Waals surface area contributed by atoms with Crippen molar-refractivity contribution in [2.45, 2.75) is 25.3 Å². The molecule has 2 nitrogen and oxygen atoms in total. The second kappa shape index (κ2) is 3.98. The smallest absolute Gasteiger partial charge is 0.279 e. The van der Waals surface area contributed by atoms with E-state index in [1.807, 2.05) is 0 Å². The van der Waals surface area contributed by atoms with Gasteiger partial charge in [-0.3, -0.25) is 0 Å². The summed E-state index contributed by atoms with van der Waals surface area (Å²) in [5.41, 5.74) is -0.174. The molecule has 1 saturated carbocycles. The van der Waals surface area contributed by atoms with E-state index in [0.29, 0.717) is 0 Å². The van der Waals surface area contributed by atoms with Gasteiger partial charge in [-0.1, -0.05) is 0 Å². The van der Waals surface area contributed by atoms with Gasteiger partial charge in [-0.2, -0.15) is 0 Å². The summed E-state index contributed by atoms with van der Waals surface area (Å²) in [7, 11) is 0. The van der Waals surface area contributed by atoms with Gasteiger partial charge < -0.3 is 10.7 Å². The predicted molar refractivity (Wildman–Crippen MR) is 46.9 cm³/mol. The highest BCUT2D eigenvalue weighted by Gasteiger charge is 2.26. The molecule has 1 fully saturated rings. The van der Waals surface area contributed by atoms with E-state index in [1.165, 1.54) is 0 Å². The Labute approximate surface area is 77.7 Å². The van der Waals surface area contributed by atoms with E-state index in [9.17, 15) is 8.78 Å². The van der Waals surface area contributed by atoms with Gasteiger partial charge in [-0.25, -0.2) is 8.78 Å². The number of nitrogens with one attached hydrogen (secondary N) is 2. The van der Waals surface area contributed by atoms with Gasteiger partial charge in [0.05, 0.1) is 10.2 Å². The largest absolute Gasteiger partial charge is 0.380 e. The number of allylic oxidation sites excluding steroid dienone is 2. The van der Waals surface area contributed by atoms with Gasteiger partial charge in [-0.05, 0) is 28.8 Å². The predicted octanol–water partition coefficient (Wildman–Crippen LogP) is 2.26. The molecule has 0 aliphatic heterocycles. The van der Waals surface area contributed by atoms with Crippen LogP contribution >= 0.6 is 15.9 Å². The molecule has 1 aliphatic rings. The van der Waals surface area contributed by atoms with Crippen LogP contribution in [-0.4, -0.2) is 18.7 Å². The lowest BCUT2D eigenvalue weighted by atomic mass is 10.4. The molecule has 0 aromatic rings. The standard InChI is InChI=1S/C7H9BrF2N2/c8-5(3-11)6(7(9)10)12-4-1-2-4/h3-4,7,11-12H,1-2H2/b6-5+,11-3?. The fraction of sp³-hybridized carbons (Fsp3) is 0.571. The molecule has 1 aliphatic carbocycles. The Hall–Kier alpha value is -0.450. The van der Waals surface area contributed by atoms with Crippen molar-refractivity contribution in [3.63, 3.8) is 0 Å². The first-order valence-electron chi connectivity index (χ1n) is 3.60. The third-order valence-corrected chi connectivity index (χ3v) is 2.20. The van der Waals surface area contributed by atoms with Crippen molar-refractivity contribution in [2.75, 3.05) is 0 Å². The first kappa shape index (κ1) is 9.64. The second-order valence-electron chi connectivity index (χ2n) is 2.63. The van der Waals surface area contributed by atoms with Crippen molar-refractivity contribution in [3.8, 4) is 0 Å². The molecule has 0 aromatic carbocycles. The Balaban J connectivity index is 2.64. The molecule has 1 rings (SSSR count). The van der Waals surface area contributed by atoms with Crippen molar-refractivity contribution in [2.24, 2.45) is 0 Å². The quantitative estimate of drug-likeness (QED) is 0.725. The van der Waals surface area contributed by atoms with Gasteiger partial charge in [0.2, 0.25) is 0 Å². The normalized spacial score (nSPS) is 19.0. The van der Waals surface area contributed by atoms with Crippen LogP contribution in [0.4, 0.5) is 8.78 Å². The van der Waals surface area contributed by atoms with Gasteiger partial charge in [0, 0.05) is 12.3 Å². The fourth-order valence-electron chi connectivity index (χ4n) is 0.762. The van der Waals surface area contributed by atoms with Gasteiger partial charge in [0.1, 0.15) is 0 Å². The SMILES string of the molecule is N=C/C(Br)=C(\NC1CC1)C(F)F. The third-order valence-electron chi connectivity index (χ3n) is 1.54. The zero-order valence-electron chi connectivity index (χ0n) is 6.28. The van der Waals surface area contributed by atoms with E-state index in [-0.39, 0.29) is 16.2 Å². The summed E-state index contributed by atoms with van der Waals surface area (Å²) >= 11 is 2.89. The van der Waals surface area contributed by atoms with E-state index < -0.39 is 6.43 Å². The average molecular weight is 239 g/mol. The molecular formula is C7H9BrF2N2. The minimum Gasteiger partial charge on any atom is -0.380 e. The summed E-state index contributed by atoms with van der Waals surface area (Å²) in [5, 5.41) is 9.47. The van der Waals surface area contributed by atoms with Gasteiger partial charge in [-0.15, -0.1) is 0 Å². The van der Waals surface area contributed by atoms with Crippen LogP contribution in [0.5, 0.6) is 0 Å². The number of rotatable bonds is 4. The van der Waals surface area contributed by atoms with Crippen molar-refractivity contribution < 1.29 is 8.78 Å². The van der Waals surface area contributed by atoms with E-state index in [1.54, 1.807) is 0 Å². The van der Waals surface area contributed by atoms with Crippen LogP contribution in [0.1, 0.15) is 12.8 Å². The molecular weight excluding hydrogens is 230 g/mol. The molecule has 0 bridgehead atoms. The highest BCUT2D eigenvalue weighted by Crippen LogP contribution is 2.24. The molecule has 12 heavy (non-hydrogen) atoms. The minimum absolute atomic E-state index is 0.129. The summed E-state index contributed by atoms with van der Waals surface area (Å²) in [6.45, 7) is 0. The van der Waals surface area contributed by atoms with Crippen molar-refractivity contribution >= 4 is 22.1 Å². The summed E-state index contributed by atoms with van der Waals surface area (Å²) < 4.78 is 24.7. The topological polar surface area (TPSA) is 35.9 Å². The Bertz CT molecular complexity index is 211.